The monoisotopic (exact) mass is 266 g/mol. The highest BCUT2D eigenvalue weighted by atomic mass is 35.5. The molecule has 0 heterocycles. The van der Waals surface area contributed by atoms with E-state index < -0.39 is 10.8 Å². The molecule has 2 nitrogen and oxygen atoms in total. The second kappa shape index (κ2) is 4.60. The molecule has 0 N–H and O–H groups in total. The zero-order valence-corrected chi connectivity index (χ0v) is 10.5. The van der Waals surface area contributed by atoms with E-state index in [4.69, 9.17) is 39.5 Å². The summed E-state index contributed by atoms with van der Waals surface area (Å²) < 4.78 is 5.38. The van der Waals surface area contributed by atoms with E-state index in [-0.39, 0.29) is 5.75 Å². The number of hydrogen-bond acceptors (Lipinski definition) is 2. The average molecular weight is 268 g/mol. The summed E-state index contributed by atoms with van der Waals surface area (Å²) in [5, 5.41) is 0.0699. The van der Waals surface area contributed by atoms with Gasteiger partial charge in [-0.3, -0.25) is 4.79 Å². The largest absolute Gasteiger partial charge is 0.476 e. The first-order valence-electron chi connectivity index (χ1n) is 4.17. The molecule has 82 valence electrons. The van der Waals surface area contributed by atoms with E-state index in [9.17, 15) is 4.79 Å². The molecule has 0 atom stereocenters. The zero-order chi connectivity index (χ0) is 11.6. The molecular weight excluding hydrogens is 258 g/mol. The highest BCUT2D eigenvalue weighted by Crippen LogP contribution is 2.35. The molecule has 0 aliphatic heterocycles. The lowest BCUT2D eigenvalue weighted by molar-refractivity contribution is -0.123. The fourth-order valence-corrected chi connectivity index (χ4v) is 1.39. The molecular formula is C10H9Cl3O2. The Morgan fingerprint density at radius 3 is 2.13 bits per heavy atom. The molecule has 0 saturated carbocycles. The Kier molecular flexibility index (Phi) is 3.87. The summed E-state index contributed by atoms with van der Waals surface area (Å²) in [6.45, 7) is 3.09. The lowest BCUT2D eigenvalue weighted by Gasteiger charge is -2.23. The van der Waals surface area contributed by atoms with Crippen LogP contribution in [0, 0.1) is 0 Å². The van der Waals surface area contributed by atoms with Crippen LogP contribution in [-0.2, 0) is 4.79 Å². The van der Waals surface area contributed by atoms with Crippen molar-refractivity contribution in [2.45, 2.75) is 19.4 Å². The number of halogens is 3. The van der Waals surface area contributed by atoms with Gasteiger partial charge in [0.1, 0.15) is 0 Å². The molecule has 0 bridgehead atoms. The maximum absolute atomic E-state index is 11.0. The summed E-state index contributed by atoms with van der Waals surface area (Å²) in [5.74, 6) is 0.264. The van der Waals surface area contributed by atoms with Gasteiger partial charge in [0.2, 0.25) is 0 Å². The third kappa shape index (κ3) is 3.00. The van der Waals surface area contributed by atoms with Crippen molar-refractivity contribution in [1.82, 2.24) is 0 Å². The number of rotatable bonds is 3. The Bertz CT molecular complexity index is 368. The van der Waals surface area contributed by atoms with Crippen molar-refractivity contribution in [3.05, 3.63) is 28.2 Å². The van der Waals surface area contributed by atoms with Crippen molar-refractivity contribution >= 4 is 40.0 Å². The van der Waals surface area contributed by atoms with Gasteiger partial charge >= 0.3 is 0 Å². The molecule has 1 aromatic carbocycles. The van der Waals surface area contributed by atoms with Gasteiger partial charge in [-0.2, -0.15) is 0 Å². The summed E-state index contributed by atoms with van der Waals surface area (Å²) in [7, 11) is 0. The van der Waals surface area contributed by atoms with Crippen LogP contribution < -0.4 is 4.74 Å². The summed E-state index contributed by atoms with van der Waals surface area (Å²) in [6, 6.07) is 4.93. The standard InChI is InChI=1S/C10H9Cl3O2/c1-10(2,9(13)14)15-8-6(11)4-3-5-7(8)12/h3-5H,1-2H3. The fraction of sp³-hybridized carbons (Fsp3) is 0.300. The van der Waals surface area contributed by atoms with Gasteiger partial charge in [0.15, 0.2) is 11.4 Å². The maximum atomic E-state index is 11.0. The molecule has 0 saturated heterocycles. The lowest BCUT2D eigenvalue weighted by atomic mass is 10.1. The van der Waals surface area contributed by atoms with E-state index in [1.165, 1.54) is 0 Å². The highest BCUT2D eigenvalue weighted by molar-refractivity contribution is 6.65. The highest BCUT2D eigenvalue weighted by Gasteiger charge is 2.29. The number of para-hydroxylation sites is 1. The second-order valence-electron chi connectivity index (χ2n) is 3.44. The number of hydrogen-bond donors (Lipinski definition) is 0. The minimum atomic E-state index is -1.16. The minimum Gasteiger partial charge on any atom is -0.476 e. The van der Waals surface area contributed by atoms with Crippen molar-refractivity contribution < 1.29 is 9.53 Å². The maximum Gasteiger partial charge on any atom is 0.264 e. The van der Waals surface area contributed by atoms with Gasteiger partial charge in [0.25, 0.3) is 5.24 Å². The summed E-state index contributed by atoms with van der Waals surface area (Å²) >= 11 is 17.1. The van der Waals surface area contributed by atoms with Crippen LogP contribution in [-0.4, -0.2) is 10.8 Å². The first kappa shape index (κ1) is 12.6. The predicted octanol–water partition coefficient (Wildman–Crippen LogP) is 3.92. The van der Waals surface area contributed by atoms with Gasteiger partial charge in [0.05, 0.1) is 10.0 Å². The predicted molar refractivity (Wildman–Crippen MR) is 62.0 cm³/mol. The van der Waals surface area contributed by atoms with E-state index in [2.05, 4.69) is 0 Å². The van der Waals surface area contributed by atoms with Crippen LogP contribution in [0.4, 0.5) is 0 Å². The summed E-state index contributed by atoms with van der Waals surface area (Å²) in [6.07, 6.45) is 0. The van der Waals surface area contributed by atoms with Crippen LogP contribution in [0.2, 0.25) is 10.0 Å². The SMILES string of the molecule is CC(C)(Oc1c(Cl)cccc1Cl)C(=O)Cl. The molecule has 0 unspecified atom stereocenters. The molecule has 0 aliphatic carbocycles. The molecule has 0 fully saturated rings. The van der Waals surface area contributed by atoms with Crippen molar-refractivity contribution in [3.63, 3.8) is 0 Å². The Hall–Kier alpha value is -0.440. The third-order valence-corrected chi connectivity index (χ3v) is 2.80. The van der Waals surface area contributed by atoms with Gasteiger partial charge in [-0.05, 0) is 37.6 Å². The third-order valence-electron chi connectivity index (χ3n) is 1.75. The molecule has 0 aliphatic rings. The van der Waals surface area contributed by atoms with Crippen molar-refractivity contribution in [2.75, 3.05) is 0 Å². The molecule has 5 heteroatoms. The van der Waals surface area contributed by atoms with Gasteiger partial charge in [0, 0.05) is 0 Å². The number of benzene rings is 1. The number of ether oxygens (including phenoxy) is 1. The number of carbonyl (C=O) groups excluding carboxylic acids is 1. The molecule has 0 amide bonds. The van der Waals surface area contributed by atoms with E-state index in [1.54, 1.807) is 32.0 Å². The Labute approximate surface area is 103 Å². The van der Waals surface area contributed by atoms with Crippen molar-refractivity contribution in [2.24, 2.45) is 0 Å². The molecule has 0 aromatic heterocycles. The molecule has 0 radical (unpaired) electrons. The first-order valence-corrected chi connectivity index (χ1v) is 5.31. The minimum absolute atomic E-state index is 0.264. The van der Waals surface area contributed by atoms with Gasteiger partial charge in [-0.25, -0.2) is 0 Å². The second-order valence-corrected chi connectivity index (χ2v) is 4.59. The topological polar surface area (TPSA) is 26.3 Å². The Morgan fingerprint density at radius 1 is 1.27 bits per heavy atom. The van der Waals surface area contributed by atoms with Crippen molar-refractivity contribution in [1.29, 1.82) is 0 Å². The van der Waals surface area contributed by atoms with Crippen LogP contribution >= 0.6 is 34.8 Å². The molecule has 15 heavy (non-hydrogen) atoms. The van der Waals surface area contributed by atoms with Gasteiger partial charge < -0.3 is 4.74 Å². The van der Waals surface area contributed by atoms with Crippen LogP contribution in [0.1, 0.15) is 13.8 Å². The lowest BCUT2D eigenvalue weighted by Crippen LogP contribution is -2.35. The van der Waals surface area contributed by atoms with E-state index in [1.807, 2.05) is 0 Å². The van der Waals surface area contributed by atoms with Crippen LogP contribution in [0.3, 0.4) is 0 Å². The van der Waals surface area contributed by atoms with Gasteiger partial charge in [-0.1, -0.05) is 29.3 Å². The summed E-state index contributed by atoms with van der Waals surface area (Å²) in [4.78, 5) is 11.0. The first-order chi connectivity index (χ1) is 6.84. The molecule has 1 rings (SSSR count). The zero-order valence-electron chi connectivity index (χ0n) is 8.18. The Morgan fingerprint density at radius 2 is 1.73 bits per heavy atom. The van der Waals surface area contributed by atoms with Crippen LogP contribution in [0.5, 0.6) is 5.75 Å². The average Bonchev–Trinajstić information content (AvgIpc) is 2.11. The van der Waals surface area contributed by atoms with E-state index in [0.29, 0.717) is 10.0 Å². The van der Waals surface area contributed by atoms with Crippen LogP contribution in [0.25, 0.3) is 0 Å². The van der Waals surface area contributed by atoms with E-state index >= 15 is 0 Å². The quantitative estimate of drug-likeness (QED) is 0.776. The number of carbonyl (C=O) groups is 1. The fourth-order valence-electron chi connectivity index (χ4n) is 0.875. The van der Waals surface area contributed by atoms with Gasteiger partial charge in [-0.15, -0.1) is 0 Å². The normalized spacial score (nSPS) is 11.3. The van der Waals surface area contributed by atoms with E-state index in [0.717, 1.165) is 0 Å². The summed E-state index contributed by atoms with van der Waals surface area (Å²) in [5.41, 5.74) is -1.16. The van der Waals surface area contributed by atoms with Crippen molar-refractivity contribution in [3.8, 4) is 5.75 Å². The smallest absolute Gasteiger partial charge is 0.264 e. The molecule has 1 aromatic rings. The Balaban J connectivity index is 3.04. The molecule has 0 spiro atoms. The van der Waals surface area contributed by atoms with Crippen LogP contribution in [0.15, 0.2) is 18.2 Å².